The van der Waals surface area contributed by atoms with Gasteiger partial charge in [-0.15, -0.1) is 0 Å². The minimum atomic E-state index is 0.136. The van der Waals surface area contributed by atoms with Crippen molar-refractivity contribution in [1.82, 2.24) is 15.3 Å². The van der Waals surface area contributed by atoms with Gasteiger partial charge in [-0.05, 0) is 20.8 Å². The zero-order valence-corrected chi connectivity index (χ0v) is 11.0. The molecule has 1 saturated heterocycles. The number of nitrogens with one attached hydrogen (secondary N) is 2. The van der Waals surface area contributed by atoms with Gasteiger partial charge in [0.1, 0.15) is 17.5 Å². The number of nitrogens with zero attached hydrogens (tertiary/aromatic N) is 3. The predicted molar refractivity (Wildman–Crippen MR) is 70.6 cm³/mol. The third-order valence-electron chi connectivity index (χ3n) is 2.98. The van der Waals surface area contributed by atoms with Crippen LogP contribution < -0.4 is 15.5 Å². The van der Waals surface area contributed by atoms with E-state index in [9.17, 15) is 0 Å². The van der Waals surface area contributed by atoms with Crippen LogP contribution in [0.1, 0.15) is 19.7 Å². The molecule has 2 rings (SSSR count). The van der Waals surface area contributed by atoms with Crippen LogP contribution >= 0.6 is 0 Å². The molecule has 0 amide bonds. The average molecular weight is 235 g/mol. The van der Waals surface area contributed by atoms with E-state index in [4.69, 9.17) is 0 Å². The number of anilines is 2. The van der Waals surface area contributed by atoms with E-state index in [-0.39, 0.29) is 5.54 Å². The minimum absolute atomic E-state index is 0.136. The molecule has 0 saturated carbocycles. The maximum absolute atomic E-state index is 4.52. The molecule has 2 heterocycles. The summed E-state index contributed by atoms with van der Waals surface area (Å²) < 4.78 is 0. The Bertz CT molecular complexity index is 402. The third-order valence-corrected chi connectivity index (χ3v) is 2.98. The van der Waals surface area contributed by atoms with E-state index < -0.39 is 0 Å². The van der Waals surface area contributed by atoms with Crippen molar-refractivity contribution in [3.63, 3.8) is 0 Å². The van der Waals surface area contributed by atoms with Gasteiger partial charge in [-0.1, -0.05) is 0 Å². The van der Waals surface area contributed by atoms with Crippen LogP contribution in [0.3, 0.4) is 0 Å². The van der Waals surface area contributed by atoms with Gasteiger partial charge in [0.25, 0.3) is 0 Å². The number of aryl methyl sites for hydroxylation is 1. The largest absolute Gasteiger partial charge is 0.373 e. The van der Waals surface area contributed by atoms with Gasteiger partial charge in [0.2, 0.25) is 0 Å². The fraction of sp³-hybridized carbons (Fsp3) is 0.667. The van der Waals surface area contributed by atoms with Gasteiger partial charge in [-0.3, -0.25) is 0 Å². The lowest BCUT2D eigenvalue weighted by Crippen LogP contribution is -2.57. The van der Waals surface area contributed by atoms with Gasteiger partial charge < -0.3 is 15.5 Å². The Morgan fingerprint density at radius 1 is 1.41 bits per heavy atom. The van der Waals surface area contributed by atoms with Crippen molar-refractivity contribution in [1.29, 1.82) is 0 Å². The fourth-order valence-corrected chi connectivity index (χ4v) is 2.18. The van der Waals surface area contributed by atoms with E-state index >= 15 is 0 Å². The first-order valence-electron chi connectivity index (χ1n) is 6.03. The molecule has 5 heteroatoms. The molecule has 17 heavy (non-hydrogen) atoms. The van der Waals surface area contributed by atoms with Crippen LogP contribution in [0.25, 0.3) is 0 Å². The quantitative estimate of drug-likeness (QED) is 0.801. The third kappa shape index (κ3) is 2.85. The molecule has 0 bridgehead atoms. The summed E-state index contributed by atoms with van der Waals surface area (Å²) in [5.74, 6) is 2.70. The highest BCUT2D eigenvalue weighted by atomic mass is 15.3. The van der Waals surface area contributed by atoms with Crippen molar-refractivity contribution in [3.05, 3.63) is 11.9 Å². The molecule has 2 N–H and O–H groups in total. The van der Waals surface area contributed by atoms with E-state index in [0.717, 1.165) is 37.1 Å². The number of aromatic nitrogens is 2. The smallest absolute Gasteiger partial charge is 0.134 e. The Balaban J connectivity index is 2.24. The topological polar surface area (TPSA) is 53.1 Å². The normalized spacial score (nSPS) is 19.2. The number of hydrogen-bond acceptors (Lipinski definition) is 5. The predicted octanol–water partition coefficient (Wildman–Crippen LogP) is 1.01. The first-order chi connectivity index (χ1) is 8.00. The molecule has 0 spiro atoms. The van der Waals surface area contributed by atoms with Crippen molar-refractivity contribution in [3.8, 4) is 0 Å². The van der Waals surface area contributed by atoms with E-state index in [0.29, 0.717) is 0 Å². The summed E-state index contributed by atoms with van der Waals surface area (Å²) in [6.07, 6.45) is 0. The van der Waals surface area contributed by atoms with Crippen LogP contribution in [0.2, 0.25) is 0 Å². The number of piperazine rings is 1. The van der Waals surface area contributed by atoms with Gasteiger partial charge in [-0.2, -0.15) is 0 Å². The van der Waals surface area contributed by atoms with Crippen molar-refractivity contribution in [2.75, 3.05) is 36.9 Å². The summed E-state index contributed by atoms with van der Waals surface area (Å²) in [5.41, 5.74) is 0.136. The summed E-state index contributed by atoms with van der Waals surface area (Å²) in [7, 11) is 1.88. The van der Waals surface area contributed by atoms with Crippen LogP contribution in [-0.4, -0.2) is 42.2 Å². The van der Waals surface area contributed by atoms with Gasteiger partial charge in [0.05, 0.1) is 0 Å². The summed E-state index contributed by atoms with van der Waals surface area (Å²) in [5, 5.41) is 6.58. The molecule has 0 aromatic carbocycles. The van der Waals surface area contributed by atoms with Gasteiger partial charge >= 0.3 is 0 Å². The van der Waals surface area contributed by atoms with Crippen LogP contribution in [0, 0.1) is 6.92 Å². The molecule has 1 aliphatic rings. The van der Waals surface area contributed by atoms with Crippen molar-refractivity contribution >= 4 is 11.6 Å². The Kier molecular flexibility index (Phi) is 3.19. The SMILES string of the molecule is CNc1cc(N2CCNC(C)(C)C2)nc(C)n1. The molecule has 1 aliphatic heterocycles. The summed E-state index contributed by atoms with van der Waals surface area (Å²) >= 11 is 0. The number of hydrogen-bond donors (Lipinski definition) is 2. The zero-order chi connectivity index (χ0) is 12.5. The summed E-state index contributed by atoms with van der Waals surface area (Å²) in [6, 6.07) is 2.01. The Morgan fingerprint density at radius 3 is 2.82 bits per heavy atom. The lowest BCUT2D eigenvalue weighted by atomic mass is 10.0. The van der Waals surface area contributed by atoms with Gasteiger partial charge in [-0.25, -0.2) is 9.97 Å². The second-order valence-electron chi connectivity index (χ2n) is 5.14. The van der Waals surface area contributed by atoms with Crippen LogP contribution in [0.15, 0.2) is 6.07 Å². The second kappa shape index (κ2) is 4.49. The molecular weight excluding hydrogens is 214 g/mol. The lowest BCUT2D eigenvalue weighted by molar-refractivity contribution is 0.351. The molecule has 0 atom stereocenters. The van der Waals surface area contributed by atoms with Crippen LogP contribution in [0.5, 0.6) is 0 Å². The molecule has 94 valence electrons. The molecule has 1 aromatic rings. The second-order valence-corrected chi connectivity index (χ2v) is 5.14. The first-order valence-corrected chi connectivity index (χ1v) is 6.03. The highest BCUT2D eigenvalue weighted by molar-refractivity contribution is 5.49. The van der Waals surface area contributed by atoms with Crippen molar-refractivity contribution in [2.24, 2.45) is 0 Å². The van der Waals surface area contributed by atoms with Crippen LogP contribution in [0.4, 0.5) is 11.6 Å². The standard InChI is InChI=1S/C12H21N5/c1-9-15-10(13-4)7-11(16-9)17-6-5-14-12(2,3)8-17/h7,14H,5-6,8H2,1-4H3,(H,13,15,16). The maximum Gasteiger partial charge on any atom is 0.134 e. The number of rotatable bonds is 2. The Morgan fingerprint density at radius 2 is 2.18 bits per heavy atom. The molecular formula is C12H21N5. The molecule has 0 unspecified atom stereocenters. The molecule has 0 aliphatic carbocycles. The summed E-state index contributed by atoms with van der Waals surface area (Å²) in [6.45, 7) is 9.30. The minimum Gasteiger partial charge on any atom is -0.373 e. The van der Waals surface area contributed by atoms with Crippen LogP contribution in [-0.2, 0) is 0 Å². The summed E-state index contributed by atoms with van der Waals surface area (Å²) in [4.78, 5) is 11.1. The monoisotopic (exact) mass is 235 g/mol. The molecule has 1 fully saturated rings. The Hall–Kier alpha value is -1.36. The van der Waals surface area contributed by atoms with E-state index in [1.807, 2.05) is 20.0 Å². The first kappa shape index (κ1) is 12.1. The van der Waals surface area contributed by atoms with E-state index in [2.05, 4.69) is 39.3 Å². The van der Waals surface area contributed by atoms with E-state index in [1.165, 1.54) is 0 Å². The molecule has 1 aromatic heterocycles. The van der Waals surface area contributed by atoms with E-state index in [1.54, 1.807) is 0 Å². The molecule has 5 nitrogen and oxygen atoms in total. The Labute approximate surface area is 103 Å². The lowest BCUT2D eigenvalue weighted by Gasteiger charge is -2.39. The van der Waals surface area contributed by atoms with Crippen molar-refractivity contribution in [2.45, 2.75) is 26.3 Å². The highest BCUT2D eigenvalue weighted by Gasteiger charge is 2.26. The van der Waals surface area contributed by atoms with Crippen molar-refractivity contribution < 1.29 is 0 Å². The average Bonchev–Trinajstić information content (AvgIpc) is 2.27. The zero-order valence-electron chi connectivity index (χ0n) is 11.0. The van der Waals surface area contributed by atoms with Gasteiger partial charge in [0.15, 0.2) is 0 Å². The molecule has 0 radical (unpaired) electrons. The maximum atomic E-state index is 4.52. The highest BCUT2D eigenvalue weighted by Crippen LogP contribution is 2.20. The fourth-order valence-electron chi connectivity index (χ4n) is 2.18. The van der Waals surface area contributed by atoms with Gasteiger partial charge in [0, 0.05) is 38.3 Å².